The van der Waals surface area contributed by atoms with E-state index in [2.05, 4.69) is 21.2 Å². The van der Waals surface area contributed by atoms with E-state index in [1.807, 2.05) is 13.0 Å². The molecule has 1 fully saturated rings. The normalized spacial score (nSPS) is 27.2. The van der Waals surface area contributed by atoms with E-state index < -0.39 is 0 Å². The zero-order valence-corrected chi connectivity index (χ0v) is 8.28. The van der Waals surface area contributed by atoms with Gasteiger partial charge in [-0.1, -0.05) is 15.9 Å². The molecule has 12 heavy (non-hydrogen) atoms. The molecule has 1 saturated heterocycles. The van der Waals surface area contributed by atoms with Gasteiger partial charge in [0, 0.05) is 16.6 Å². The van der Waals surface area contributed by atoms with E-state index in [1.165, 1.54) is 6.07 Å². The molecule has 0 spiro atoms. The molecule has 1 heterocycles. The molecule has 1 nitrogen and oxygen atoms in total. The lowest BCUT2D eigenvalue weighted by atomic mass is 10.0. The highest BCUT2D eigenvalue weighted by atomic mass is 79.9. The predicted octanol–water partition coefficient (Wildman–Crippen LogP) is 2.41. The SMILES string of the molecule is C[C@@]1(c2cc(Br)ccc2F)CN1. The van der Waals surface area contributed by atoms with E-state index in [-0.39, 0.29) is 11.4 Å². The summed E-state index contributed by atoms with van der Waals surface area (Å²) in [6, 6.07) is 5.03. The smallest absolute Gasteiger partial charge is 0.128 e. The van der Waals surface area contributed by atoms with Crippen molar-refractivity contribution in [3.63, 3.8) is 0 Å². The van der Waals surface area contributed by atoms with Crippen molar-refractivity contribution >= 4 is 15.9 Å². The summed E-state index contributed by atoms with van der Waals surface area (Å²) in [4.78, 5) is 0. The Kier molecular flexibility index (Phi) is 1.73. The quantitative estimate of drug-likeness (QED) is 0.735. The molecule has 0 aliphatic carbocycles. The maximum absolute atomic E-state index is 13.2. The molecular weight excluding hydrogens is 221 g/mol. The van der Waals surface area contributed by atoms with Crippen LogP contribution in [0.25, 0.3) is 0 Å². The van der Waals surface area contributed by atoms with Crippen LogP contribution in [0.15, 0.2) is 22.7 Å². The maximum atomic E-state index is 13.2. The molecule has 0 unspecified atom stereocenters. The average molecular weight is 230 g/mol. The lowest BCUT2D eigenvalue weighted by Crippen LogP contribution is -2.09. The van der Waals surface area contributed by atoms with Gasteiger partial charge >= 0.3 is 0 Å². The highest BCUT2D eigenvalue weighted by Gasteiger charge is 2.40. The van der Waals surface area contributed by atoms with Crippen LogP contribution in [0.5, 0.6) is 0 Å². The first-order valence-corrected chi connectivity index (χ1v) is 4.62. The van der Waals surface area contributed by atoms with Gasteiger partial charge in [-0.05, 0) is 25.1 Å². The van der Waals surface area contributed by atoms with Crippen LogP contribution in [0, 0.1) is 5.82 Å². The average Bonchev–Trinajstić information content (AvgIpc) is 2.75. The van der Waals surface area contributed by atoms with Crippen LogP contribution in [0.4, 0.5) is 4.39 Å². The van der Waals surface area contributed by atoms with Crippen molar-refractivity contribution in [1.29, 1.82) is 0 Å². The molecule has 1 N–H and O–H groups in total. The summed E-state index contributed by atoms with van der Waals surface area (Å²) in [5.74, 6) is -0.134. The molecule has 1 atom stereocenters. The van der Waals surface area contributed by atoms with E-state index >= 15 is 0 Å². The van der Waals surface area contributed by atoms with Crippen LogP contribution in [0.2, 0.25) is 0 Å². The van der Waals surface area contributed by atoms with Gasteiger partial charge in [-0.15, -0.1) is 0 Å². The minimum absolute atomic E-state index is 0.131. The molecule has 0 radical (unpaired) electrons. The zero-order valence-electron chi connectivity index (χ0n) is 6.70. The molecule has 0 amide bonds. The summed E-state index contributed by atoms with van der Waals surface area (Å²) < 4.78 is 14.2. The highest BCUT2D eigenvalue weighted by Crippen LogP contribution is 2.33. The summed E-state index contributed by atoms with van der Waals surface area (Å²) in [5.41, 5.74) is 0.616. The third kappa shape index (κ3) is 1.27. The van der Waals surface area contributed by atoms with Gasteiger partial charge < -0.3 is 5.32 Å². The number of halogens is 2. The van der Waals surface area contributed by atoms with Gasteiger partial charge in [0.2, 0.25) is 0 Å². The first-order valence-electron chi connectivity index (χ1n) is 3.82. The van der Waals surface area contributed by atoms with Gasteiger partial charge in [0.25, 0.3) is 0 Å². The van der Waals surface area contributed by atoms with E-state index in [1.54, 1.807) is 6.07 Å². The Morgan fingerprint density at radius 2 is 2.25 bits per heavy atom. The molecule has 1 aliphatic rings. The summed E-state index contributed by atoms with van der Waals surface area (Å²) in [5, 5.41) is 3.13. The van der Waals surface area contributed by atoms with E-state index in [0.29, 0.717) is 0 Å². The van der Waals surface area contributed by atoms with E-state index in [0.717, 1.165) is 16.6 Å². The molecular formula is C9H9BrFN. The number of benzene rings is 1. The summed E-state index contributed by atoms with van der Waals surface area (Å²) in [7, 11) is 0. The molecule has 3 heteroatoms. The van der Waals surface area contributed by atoms with Gasteiger partial charge in [-0.25, -0.2) is 4.39 Å². The van der Waals surface area contributed by atoms with Crippen LogP contribution in [-0.4, -0.2) is 6.54 Å². The molecule has 1 aliphatic heterocycles. The van der Waals surface area contributed by atoms with Crippen molar-refractivity contribution in [3.8, 4) is 0 Å². The fourth-order valence-corrected chi connectivity index (χ4v) is 1.60. The second kappa shape index (κ2) is 2.54. The lowest BCUT2D eigenvalue weighted by molar-refractivity contribution is 0.582. The van der Waals surface area contributed by atoms with Crippen LogP contribution in [0.3, 0.4) is 0 Å². The molecule has 1 aromatic rings. The Labute approximate surface area is 79.1 Å². The van der Waals surface area contributed by atoms with E-state index in [9.17, 15) is 4.39 Å². The Morgan fingerprint density at radius 1 is 1.58 bits per heavy atom. The Morgan fingerprint density at radius 3 is 2.83 bits per heavy atom. The standard InChI is InChI=1S/C9H9BrFN/c1-9(5-12-9)7-4-6(10)2-3-8(7)11/h2-4,12H,5H2,1H3/t9-/m0/s1. The van der Waals surface area contributed by atoms with Crippen molar-refractivity contribution < 1.29 is 4.39 Å². The van der Waals surface area contributed by atoms with Crippen molar-refractivity contribution in [2.45, 2.75) is 12.5 Å². The zero-order chi connectivity index (χ0) is 8.77. The van der Waals surface area contributed by atoms with Crippen molar-refractivity contribution in [2.24, 2.45) is 0 Å². The second-order valence-corrected chi connectivity index (χ2v) is 4.23. The fourth-order valence-electron chi connectivity index (χ4n) is 1.24. The minimum atomic E-state index is -0.134. The molecule has 0 saturated carbocycles. The van der Waals surface area contributed by atoms with Crippen LogP contribution >= 0.6 is 15.9 Å². The first kappa shape index (κ1) is 8.20. The van der Waals surface area contributed by atoms with Crippen molar-refractivity contribution in [1.82, 2.24) is 5.32 Å². The number of hydrogen-bond acceptors (Lipinski definition) is 1. The van der Waals surface area contributed by atoms with Crippen LogP contribution in [-0.2, 0) is 5.54 Å². The van der Waals surface area contributed by atoms with Gasteiger partial charge in [-0.3, -0.25) is 0 Å². The third-order valence-electron chi connectivity index (χ3n) is 2.23. The summed E-state index contributed by atoms with van der Waals surface area (Å²) in [6.45, 7) is 2.86. The van der Waals surface area contributed by atoms with E-state index in [4.69, 9.17) is 0 Å². The summed E-state index contributed by atoms with van der Waals surface area (Å²) >= 11 is 3.32. The molecule has 2 rings (SSSR count). The minimum Gasteiger partial charge on any atom is -0.304 e. The Bertz CT molecular complexity index is 320. The molecule has 1 aromatic carbocycles. The van der Waals surface area contributed by atoms with Crippen molar-refractivity contribution in [2.75, 3.05) is 6.54 Å². The number of rotatable bonds is 1. The Hall–Kier alpha value is -0.410. The van der Waals surface area contributed by atoms with Crippen molar-refractivity contribution in [3.05, 3.63) is 34.1 Å². The fraction of sp³-hybridized carbons (Fsp3) is 0.333. The monoisotopic (exact) mass is 229 g/mol. The predicted molar refractivity (Wildman–Crippen MR) is 49.5 cm³/mol. The molecule has 0 aromatic heterocycles. The molecule has 0 bridgehead atoms. The molecule has 64 valence electrons. The van der Waals surface area contributed by atoms with Gasteiger partial charge in [0.05, 0.1) is 5.54 Å². The lowest BCUT2D eigenvalue weighted by Gasteiger charge is -2.08. The van der Waals surface area contributed by atoms with Gasteiger partial charge in [0.15, 0.2) is 0 Å². The maximum Gasteiger partial charge on any atom is 0.128 e. The first-order chi connectivity index (χ1) is 5.62. The summed E-state index contributed by atoms with van der Waals surface area (Å²) in [6.07, 6.45) is 0. The Balaban J connectivity index is 2.48. The number of hydrogen-bond donors (Lipinski definition) is 1. The number of nitrogens with one attached hydrogen (secondary N) is 1. The highest BCUT2D eigenvalue weighted by molar-refractivity contribution is 9.10. The van der Waals surface area contributed by atoms with Gasteiger partial charge in [0.1, 0.15) is 5.82 Å². The van der Waals surface area contributed by atoms with Crippen LogP contribution < -0.4 is 5.32 Å². The second-order valence-electron chi connectivity index (χ2n) is 3.31. The topological polar surface area (TPSA) is 21.9 Å². The van der Waals surface area contributed by atoms with Gasteiger partial charge in [-0.2, -0.15) is 0 Å². The largest absolute Gasteiger partial charge is 0.304 e. The van der Waals surface area contributed by atoms with Crippen LogP contribution in [0.1, 0.15) is 12.5 Å². The third-order valence-corrected chi connectivity index (χ3v) is 2.72.